The molecular formula is C18H19Cl2N3O2. The Morgan fingerprint density at radius 3 is 2.64 bits per heavy atom. The highest BCUT2D eigenvalue weighted by Crippen LogP contribution is 2.19. The van der Waals surface area contributed by atoms with Crippen LogP contribution in [-0.2, 0) is 4.79 Å². The van der Waals surface area contributed by atoms with Gasteiger partial charge in [0.15, 0.2) is 0 Å². The zero-order chi connectivity index (χ0) is 18.1. The van der Waals surface area contributed by atoms with Crippen molar-refractivity contribution >= 4 is 41.0 Å². The Hall–Kier alpha value is -2.24. The average molecular weight is 380 g/mol. The number of halogens is 2. The fourth-order valence-electron chi connectivity index (χ4n) is 2.03. The molecule has 1 amide bonds. The largest absolute Gasteiger partial charge is 0.497 e. The van der Waals surface area contributed by atoms with E-state index in [1.807, 2.05) is 24.3 Å². The molecule has 2 aromatic rings. The quantitative estimate of drug-likeness (QED) is 0.407. The zero-order valence-corrected chi connectivity index (χ0v) is 15.3. The van der Waals surface area contributed by atoms with Crippen LogP contribution in [-0.4, -0.2) is 25.8 Å². The maximum atomic E-state index is 11.7. The molecule has 0 saturated carbocycles. The van der Waals surface area contributed by atoms with Gasteiger partial charge in [0.25, 0.3) is 0 Å². The van der Waals surface area contributed by atoms with E-state index in [0.717, 1.165) is 11.4 Å². The van der Waals surface area contributed by atoms with Gasteiger partial charge in [0, 0.05) is 29.2 Å². The van der Waals surface area contributed by atoms with E-state index in [0.29, 0.717) is 35.0 Å². The Morgan fingerprint density at radius 2 is 1.96 bits per heavy atom. The summed E-state index contributed by atoms with van der Waals surface area (Å²) in [6, 6.07) is 12.7. The second-order valence-corrected chi connectivity index (χ2v) is 6.06. The van der Waals surface area contributed by atoms with Crippen molar-refractivity contribution in [1.29, 1.82) is 0 Å². The first kappa shape index (κ1) is 19.1. The summed E-state index contributed by atoms with van der Waals surface area (Å²) in [4.78, 5) is 11.7. The molecule has 5 nitrogen and oxygen atoms in total. The molecule has 0 atom stereocenters. The van der Waals surface area contributed by atoms with Gasteiger partial charge in [-0.15, -0.1) is 0 Å². The summed E-state index contributed by atoms with van der Waals surface area (Å²) < 4.78 is 5.10. The minimum Gasteiger partial charge on any atom is -0.497 e. The van der Waals surface area contributed by atoms with Crippen LogP contribution in [0.5, 0.6) is 5.75 Å². The Kier molecular flexibility index (Phi) is 7.57. The number of benzene rings is 2. The highest BCUT2D eigenvalue weighted by Gasteiger charge is 2.01. The van der Waals surface area contributed by atoms with Crippen molar-refractivity contribution < 1.29 is 9.53 Å². The van der Waals surface area contributed by atoms with Crippen LogP contribution in [0.1, 0.15) is 18.4 Å². The third-order valence-electron chi connectivity index (χ3n) is 3.36. The van der Waals surface area contributed by atoms with Gasteiger partial charge in [-0.3, -0.25) is 4.79 Å². The summed E-state index contributed by atoms with van der Waals surface area (Å²) in [5.74, 6) is 0.654. The normalized spacial score (nSPS) is 10.7. The number of hydrogen-bond donors (Lipinski definition) is 2. The van der Waals surface area contributed by atoms with E-state index in [-0.39, 0.29) is 5.91 Å². The van der Waals surface area contributed by atoms with Crippen LogP contribution in [0.3, 0.4) is 0 Å². The van der Waals surface area contributed by atoms with Crippen molar-refractivity contribution in [2.24, 2.45) is 5.10 Å². The van der Waals surface area contributed by atoms with Gasteiger partial charge in [0.05, 0.1) is 18.3 Å². The van der Waals surface area contributed by atoms with E-state index in [1.54, 1.807) is 25.3 Å². The topological polar surface area (TPSA) is 62.7 Å². The molecule has 132 valence electrons. The number of nitrogens with zero attached hydrogens (tertiary/aromatic N) is 1. The van der Waals surface area contributed by atoms with Crippen molar-refractivity contribution in [2.75, 3.05) is 19.0 Å². The molecule has 0 aliphatic heterocycles. The van der Waals surface area contributed by atoms with Crippen LogP contribution < -0.4 is 15.5 Å². The van der Waals surface area contributed by atoms with E-state index in [4.69, 9.17) is 27.9 Å². The molecule has 0 fully saturated rings. The first-order valence-electron chi connectivity index (χ1n) is 7.73. The number of nitrogens with one attached hydrogen (secondary N) is 2. The van der Waals surface area contributed by atoms with Crippen molar-refractivity contribution in [1.82, 2.24) is 5.43 Å². The van der Waals surface area contributed by atoms with Crippen molar-refractivity contribution in [3.05, 3.63) is 58.1 Å². The molecule has 0 aliphatic carbocycles. The molecule has 0 radical (unpaired) electrons. The monoisotopic (exact) mass is 379 g/mol. The first-order chi connectivity index (χ1) is 12.1. The number of rotatable bonds is 8. The molecule has 0 heterocycles. The highest BCUT2D eigenvalue weighted by molar-refractivity contribution is 6.36. The van der Waals surface area contributed by atoms with E-state index >= 15 is 0 Å². The lowest BCUT2D eigenvalue weighted by Gasteiger charge is -2.07. The van der Waals surface area contributed by atoms with Gasteiger partial charge in [-0.2, -0.15) is 5.10 Å². The lowest BCUT2D eigenvalue weighted by atomic mass is 10.2. The van der Waals surface area contributed by atoms with E-state index in [2.05, 4.69) is 15.8 Å². The Morgan fingerprint density at radius 1 is 1.20 bits per heavy atom. The summed E-state index contributed by atoms with van der Waals surface area (Å²) in [5, 5.41) is 8.18. The number of hydrazone groups is 1. The van der Waals surface area contributed by atoms with E-state index < -0.39 is 0 Å². The van der Waals surface area contributed by atoms with E-state index in [9.17, 15) is 4.79 Å². The molecule has 0 aromatic heterocycles. The molecule has 2 aromatic carbocycles. The predicted octanol–water partition coefficient (Wildman–Crippen LogP) is 4.34. The SMILES string of the molecule is COc1ccc(NCCCC(=O)N/N=C/c2ccc(Cl)cc2Cl)cc1. The molecule has 25 heavy (non-hydrogen) atoms. The number of methoxy groups -OCH3 is 1. The Labute approximate surface area is 157 Å². The lowest BCUT2D eigenvalue weighted by Crippen LogP contribution is -2.18. The van der Waals surface area contributed by atoms with Gasteiger partial charge in [-0.05, 0) is 42.8 Å². The van der Waals surface area contributed by atoms with Gasteiger partial charge in [0.1, 0.15) is 5.75 Å². The smallest absolute Gasteiger partial charge is 0.240 e. The highest BCUT2D eigenvalue weighted by atomic mass is 35.5. The molecule has 0 bridgehead atoms. The molecule has 2 N–H and O–H groups in total. The molecule has 0 aliphatic rings. The van der Waals surface area contributed by atoms with Crippen molar-refractivity contribution in [2.45, 2.75) is 12.8 Å². The van der Waals surface area contributed by atoms with Crippen molar-refractivity contribution in [3.8, 4) is 5.75 Å². The maximum Gasteiger partial charge on any atom is 0.240 e. The number of hydrogen-bond acceptors (Lipinski definition) is 4. The fraction of sp³-hybridized carbons (Fsp3) is 0.222. The van der Waals surface area contributed by atoms with Crippen LogP contribution in [0.25, 0.3) is 0 Å². The molecule has 7 heteroatoms. The van der Waals surface area contributed by atoms with E-state index in [1.165, 1.54) is 6.21 Å². The van der Waals surface area contributed by atoms with Gasteiger partial charge >= 0.3 is 0 Å². The second kappa shape index (κ2) is 9.91. The summed E-state index contributed by atoms with van der Waals surface area (Å²) in [7, 11) is 1.63. The summed E-state index contributed by atoms with van der Waals surface area (Å²) >= 11 is 11.8. The third-order valence-corrected chi connectivity index (χ3v) is 3.92. The standard InChI is InChI=1S/C18H19Cl2N3O2/c1-25-16-8-6-15(7-9-16)21-10-2-3-18(24)23-22-12-13-4-5-14(19)11-17(13)20/h4-9,11-12,21H,2-3,10H2,1H3,(H,23,24)/b22-12+. The second-order valence-electron chi connectivity index (χ2n) is 5.22. The number of carbonyl (C=O) groups excluding carboxylic acids is 1. The minimum atomic E-state index is -0.155. The average Bonchev–Trinajstić information content (AvgIpc) is 2.61. The van der Waals surface area contributed by atoms with Crippen LogP contribution in [0.2, 0.25) is 10.0 Å². The molecule has 0 spiro atoms. The summed E-state index contributed by atoms with van der Waals surface area (Å²) in [5.41, 5.74) is 4.15. The van der Waals surface area contributed by atoms with Crippen LogP contribution in [0.4, 0.5) is 5.69 Å². The Balaban J connectivity index is 1.67. The zero-order valence-electron chi connectivity index (χ0n) is 13.8. The minimum absolute atomic E-state index is 0.155. The van der Waals surface area contributed by atoms with Crippen LogP contribution >= 0.6 is 23.2 Å². The van der Waals surface area contributed by atoms with Crippen LogP contribution in [0, 0.1) is 0 Å². The maximum absolute atomic E-state index is 11.7. The number of anilines is 1. The third kappa shape index (κ3) is 6.64. The number of amides is 1. The molecular weight excluding hydrogens is 361 g/mol. The first-order valence-corrected chi connectivity index (χ1v) is 8.49. The lowest BCUT2D eigenvalue weighted by molar-refractivity contribution is -0.121. The molecule has 2 rings (SSSR count). The fourth-order valence-corrected chi connectivity index (χ4v) is 2.48. The predicted molar refractivity (Wildman–Crippen MR) is 103 cm³/mol. The van der Waals surface area contributed by atoms with Gasteiger partial charge in [0.2, 0.25) is 5.91 Å². The summed E-state index contributed by atoms with van der Waals surface area (Å²) in [6.45, 7) is 0.687. The van der Waals surface area contributed by atoms with Crippen molar-refractivity contribution in [3.63, 3.8) is 0 Å². The Bertz CT molecular complexity index is 734. The summed E-state index contributed by atoms with van der Waals surface area (Å²) in [6.07, 6.45) is 2.55. The van der Waals surface area contributed by atoms with Gasteiger partial charge < -0.3 is 10.1 Å². The van der Waals surface area contributed by atoms with Gasteiger partial charge in [-0.1, -0.05) is 29.3 Å². The molecule has 0 saturated heterocycles. The number of carbonyl (C=O) groups is 1. The number of ether oxygens (including phenoxy) is 1. The molecule has 0 unspecified atom stereocenters. The van der Waals surface area contributed by atoms with Gasteiger partial charge in [-0.25, -0.2) is 5.43 Å². The van der Waals surface area contributed by atoms with Crippen LogP contribution in [0.15, 0.2) is 47.6 Å².